The minimum Gasteiger partial charge on any atom is -0.474 e. The van der Waals surface area contributed by atoms with Crippen LogP contribution in [-0.4, -0.2) is 21.9 Å². The van der Waals surface area contributed by atoms with Crippen molar-refractivity contribution in [2.24, 2.45) is 0 Å². The predicted octanol–water partition coefficient (Wildman–Crippen LogP) is 5.49. The molecular formula is C8H5AlBr5ClO. The molecule has 1 unspecified atom stereocenters. The molecule has 0 saturated heterocycles. The number of benzene rings is 1. The number of hydrogen-bond donors (Lipinski definition) is 0. The maximum atomic E-state index is 6.02. The highest BCUT2D eigenvalue weighted by Crippen LogP contribution is 2.49. The normalized spacial score (nSPS) is 12.6. The van der Waals surface area contributed by atoms with Crippen molar-refractivity contribution in [1.82, 2.24) is 0 Å². The Balaban J connectivity index is 3.28. The molecule has 16 heavy (non-hydrogen) atoms. The van der Waals surface area contributed by atoms with Gasteiger partial charge in [-0.3, -0.25) is 0 Å². The molecule has 1 aromatic rings. The van der Waals surface area contributed by atoms with Crippen LogP contribution in [0.1, 0.15) is 0 Å². The van der Waals surface area contributed by atoms with Crippen molar-refractivity contribution in [2.75, 3.05) is 0 Å². The van der Waals surface area contributed by atoms with Crippen molar-refractivity contribution in [3.8, 4) is 5.75 Å². The lowest BCUT2D eigenvalue weighted by molar-refractivity contribution is 0.297. The third kappa shape index (κ3) is 3.63. The average Bonchev–Trinajstić information content (AvgIpc) is 2.29. The van der Waals surface area contributed by atoms with E-state index < -0.39 is 0 Å². The first-order chi connectivity index (χ1) is 7.40. The van der Waals surface area contributed by atoms with Crippen LogP contribution in [0, 0.1) is 0 Å². The fraction of sp³-hybridized carbons (Fsp3) is 0.250. The van der Waals surface area contributed by atoms with Gasteiger partial charge < -0.3 is 4.74 Å². The lowest BCUT2D eigenvalue weighted by Gasteiger charge is -2.17. The van der Waals surface area contributed by atoms with Crippen LogP contribution in [0.25, 0.3) is 0 Å². The molecule has 0 radical (unpaired) electrons. The molecule has 0 aliphatic heterocycles. The number of alkyl halides is 1. The molecule has 1 aromatic carbocycles. The van der Waals surface area contributed by atoms with Crippen LogP contribution in [0.5, 0.6) is 5.75 Å². The van der Waals surface area contributed by atoms with E-state index in [0.717, 1.165) is 43.9 Å². The quantitative estimate of drug-likeness (QED) is 0.199. The van der Waals surface area contributed by atoms with Crippen molar-refractivity contribution in [2.45, 2.75) is 10.8 Å². The van der Waals surface area contributed by atoms with Crippen LogP contribution in [0.3, 0.4) is 0 Å². The number of hydrogen-bond acceptors (Lipinski definition) is 1. The summed E-state index contributed by atoms with van der Waals surface area (Å²) < 4.78 is 10.0. The van der Waals surface area contributed by atoms with Crippen LogP contribution < -0.4 is 4.74 Å². The molecule has 0 heterocycles. The van der Waals surface area contributed by atoms with Gasteiger partial charge in [0.05, 0.1) is 17.9 Å². The largest absolute Gasteiger partial charge is 0.474 e. The van der Waals surface area contributed by atoms with Gasteiger partial charge in [-0.1, -0.05) is 16.9 Å². The van der Waals surface area contributed by atoms with Crippen LogP contribution in [0.2, 0.25) is 5.28 Å². The minimum atomic E-state index is -0.292. The maximum Gasteiger partial charge on any atom is 0.219 e. The Morgan fingerprint density at radius 3 is 1.69 bits per heavy atom. The highest BCUT2D eigenvalue weighted by atomic mass is 79.9. The van der Waals surface area contributed by atoms with Crippen molar-refractivity contribution in [3.63, 3.8) is 0 Å². The second kappa shape index (κ2) is 7.14. The molecule has 1 rings (SSSR count). The summed E-state index contributed by atoms with van der Waals surface area (Å²) in [7, 11) is 0. The zero-order chi connectivity index (χ0) is 12.5. The fourth-order valence-electron chi connectivity index (χ4n) is 0.899. The third-order valence-corrected chi connectivity index (χ3v) is 9.41. The Labute approximate surface area is 149 Å². The molecule has 1 nitrogen and oxygen atoms in total. The summed E-state index contributed by atoms with van der Waals surface area (Å²) in [5.41, 5.74) is -0.292. The van der Waals surface area contributed by atoms with E-state index in [4.69, 9.17) is 16.3 Å². The molecule has 1 atom stereocenters. The van der Waals surface area contributed by atoms with Gasteiger partial charge in [-0.15, -0.1) is 0 Å². The lowest BCUT2D eigenvalue weighted by atomic mass is 10.3. The van der Waals surface area contributed by atoms with E-state index in [1.807, 2.05) is 0 Å². The standard InChI is InChI=1S/C8H3Br5ClO.Al.2H/c1-2(14)15-8-6(12)4(10)3(9)5(11)7(8)13;;;/h2H,1H2;;;. The van der Waals surface area contributed by atoms with Gasteiger partial charge >= 0.3 is 0 Å². The van der Waals surface area contributed by atoms with E-state index >= 15 is 0 Å². The first kappa shape index (κ1) is 16.3. The van der Waals surface area contributed by atoms with Gasteiger partial charge in [0.1, 0.15) is 0 Å². The van der Waals surface area contributed by atoms with Gasteiger partial charge in [0.25, 0.3) is 0 Å². The van der Waals surface area contributed by atoms with Crippen molar-refractivity contribution in [1.29, 1.82) is 0 Å². The van der Waals surface area contributed by atoms with E-state index in [-0.39, 0.29) is 5.56 Å². The lowest BCUT2D eigenvalue weighted by Crippen LogP contribution is -2.08. The van der Waals surface area contributed by atoms with E-state index in [2.05, 4.69) is 79.6 Å². The van der Waals surface area contributed by atoms with Gasteiger partial charge in [0.2, 0.25) is 16.3 Å². The zero-order valence-electron chi connectivity index (χ0n) is 7.96. The summed E-state index contributed by atoms with van der Waals surface area (Å²) in [5, 5.41) is 0.867. The van der Waals surface area contributed by atoms with Gasteiger partial charge in [-0.25, -0.2) is 0 Å². The van der Waals surface area contributed by atoms with Crippen molar-refractivity contribution >= 4 is 108 Å². The van der Waals surface area contributed by atoms with Crippen LogP contribution >= 0.6 is 91.3 Å². The van der Waals surface area contributed by atoms with E-state index in [0.29, 0.717) is 5.75 Å². The smallest absolute Gasteiger partial charge is 0.219 e. The molecule has 0 aliphatic carbocycles. The van der Waals surface area contributed by atoms with E-state index in [9.17, 15) is 0 Å². The maximum absolute atomic E-state index is 6.02. The monoisotopic (exact) mass is 574 g/mol. The second-order valence-electron chi connectivity index (χ2n) is 2.84. The Morgan fingerprint density at radius 2 is 1.31 bits per heavy atom. The molecule has 0 N–H and O–H groups in total. The van der Waals surface area contributed by atoms with Crippen LogP contribution in [-0.2, 0) is 0 Å². The summed E-state index contributed by atoms with van der Waals surface area (Å²) in [5.74, 6) is 0.692. The number of rotatable bonds is 3. The molecule has 88 valence electrons. The second-order valence-corrected chi connectivity index (χ2v) is 8.10. The zero-order valence-corrected chi connectivity index (χ0v) is 18.6. The number of ether oxygens (including phenoxy) is 1. The predicted molar refractivity (Wildman–Crippen MR) is 88.6 cm³/mol. The Morgan fingerprint density at radius 1 is 0.938 bits per heavy atom. The molecule has 0 amide bonds. The van der Waals surface area contributed by atoms with Crippen LogP contribution in [0.4, 0.5) is 0 Å². The highest BCUT2D eigenvalue weighted by molar-refractivity contribution is 9.15. The van der Waals surface area contributed by atoms with Gasteiger partial charge in [-0.2, -0.15) is 0 Å². The fourth-order valence-corrected chi connectivity index (χ4v) is 4.35. The van der Waals surface area contributed by atoms with E-state index in [1.54, 1.807) is 0 Å². The number of halogens is 6. The summed E-state index contributed by atoms with van der Waals surface area (Å²) in [4.78, 5) is 0. The SMILES string of the molecule is [AlH2][CH2]C(Cl)Oc1c(Br)c(Br)c(Br)c(Br)c1Br. The van der Waals surface area contributed by atoms with Crippen LogP contribution in [0.15, 0.2) is 22.4 Å². The first-order valence-electron chi connectivity index (χ1n) is 4.22. The summed E-state index contributed by atoms with van der Waals surface area (Å²) in [6.45, 7) is 0. The average molecular weight is 579 g/mol. The third-order valence-electron chi connectivity index (χ3n) is 1.74. The molecule has 8 heteroatoms. The first-order valence-corrected chi connectivity index (χ1v) is 10.0. The van der Waals surface area contributed by atoms with Gasteiger partial charge in [0.15, 0.2) is 11.3 Å². The van der Waals surface area contributed by atoms with E-state index in [1.165, 1.54) is 0 Å². The Hall–Kier alpha value is 2.24. The van der Waals surface area contributed by atoms with Gasteiger partial charge in [-0.05, 0) is 79.6 Å². The highest BCUT2D eigenvalue weighted by Gasteiger charge is 2.20. The molecule has 0 spiro atoms. The molecule has 0 fully saturated rings. The molecular weight excluding hydrogens is 574 g/mol. The summed E-state index contributed by atoms with van der Waals surface area (Å²) >= 11 is 24.4. The Kier molecular flexibility index (Phi) is 7.27. The van der Waals surface area contributed by atoms with Gasteiger partial charge in [0, 0.05) is 4.47 Å². The molecule has 0 bridgehead atoms. The topological polar surface area (TPSA) is 9.23 Å². The minimum absolute atomic E-state index is 0.292. The Bertz CT molecular complexity index is 385. The van der Waals surface area contributed by atoms with Crippen molar-refractivity contribution in [3.05, 3.63) is 22.4 Å². The molecule has 0 saturated carbocycles. The summed E-state index contributed by atoms with van der Waals surface area (Å²) in [6.07, 6.45) is 0. The summed E-state index contributed by atoms with van der Waals surface area (Å²) in [6, 6.07) is 0. The molecule has 0 aromatic heterocycles. The van der Waals surface area contributed by atoms with Crippen molar-refractivity contribution < 1.29 is 4.74 Å². The molecule has 0 aliphatic rings.